The Hall–Kier alpha value is -2.08. The van der Waals surface area contributed by atoms with E-state index >= 15 is 0 Å². The number of amides is 1. The van der Waals surface area contributed by atoms with E-state index in [1.165, 1.54) is 35.9 Å². The van der Waals surface area contributed by atoms with Crippen molar-refractivity contribution < 1.29 is 9.90 Å². The monoisotopic (exact) mass is 410 g/mol. The lowest BCUT2D eigenvalue weighted by Crippen LogP contribution is -2.46. The average Bonchev–Trinajstić information content (AvgIpc) is 3.25. The average molecular weight is 411 g/mol. The number of hydrogen-bond donors (Lipinski definition) is 2. The first kappa shape index (κ1) is 19.9. The number of benzene rings is 1. The summed E-state index contributed by atoms with van der Waals surface area (Å²) in [6.45, 7) is 6.05. The molecule has 1 aromatic heterocycles. The number of carbonyl (C=O) groups is 1. The van der Waals surface area contributed by atoms with E-state index in [1.54, 1.807) is 0 Å². The molecule has 1 aliphatic heterocycles. The molecule has 5 rings (SSSR count). The van der Waals surface area contributed by atoms with Crippen LogP contribution in [0.2, 0.25) is 0 Å². The normalized spacial score (nSPS) is 25.6. The van der Waals surface area contributed by atoms with Crippen LogP contribution in [-0.2, 0) is 4.79 Å². The number of anilines is 1. The van der Waals surface area contributed by atoms with Crippen molar-refractivity contribution in [2.24, 2.45) is 5.92 Å². The fraction of sp³-hybridized carbons (Fsp3) is 0.667. The molecule has 1 saturated heterocycles. The van der Waals surface area contributed by atoms with Crippen molar-refractivity contribution in [2.75, 3.05) is 18.0 Å². The molecule has 0 spiro atoms. The number of fused-ring (bicyclic) bond motifs is 1. The van der Waals surface area contributed by atoms with Gasteiger partial charge in [0.05, 0.1) is 23.2 Å². The Kier molecular flexibility index (Phi) is 5.21. The van der Waals surface area contributed by atoms with Gasteiger partial charge in [0.1, 0.15) is 0 Å². The van der Waals surface area contributed by atoms with E-state index in [9.17, 15) is 9.90 Å². The first-order valence-electron chi connectivity index (χ1n) is 11.7. The molecule has 2 aliphatic carbocycles. The summed E-state index contributed by atoms with van der Waals surface area (Å²) in [5.41, 5.74) is 4.96. The van der Waals surface area contributed by atoms with Crippen LogP contribution in [0.5, 0.6) is 0 Å². The zero-order valence-corrected chi connectivity index (χ0v) is 18.2. The van der Waals surface area contributed by atoms with Gasteiger partial charge in [-0.25, -0.2) is 4.98 Å². The van der Waals surface area contributed by atoms with E-state index in [0.717, 1.165) is 56.7 Å². The number of aryl methyl sites for hydroxylation is 2. The van der Waals surface area contributed by atoms with Gasteiger partial charge < -0.3 is 19.9 Å². The summed E-state index contributed by atoms with van der Waals surface area (Å²) >= 11 is 0. The van der Waals surface area contributed by atoms with Crippen molar-refractivity contribution in [2.45, 2.75) is 83.4 Å². The Balaban J connectivity index is 1.32. The molecular weight excluding hydrogens is 376 g/mol. The van der Waals surface area contributed by atoms with Gasteiger partial charge in [-0.3, -0.25) is 4.79 Å². The number of rotatable bonds is 4. The van der Waals surface area contributed by atoms with Gasteiger partial charge >= 0.3 is 0 Å². The minimum absolute atomic E-state index is 0.0417. The zero-order chi connectivity index (χ0) is 20.8. The van der Waals surface area contributed by atoms with Crippen molar-refractivity contribution in [3.63, 3.8) is 0 Å². The Morgan fingerprint density at radius 1 is 1.03 bits per heavy atom. The van der Waals surface area contributed by atoms with Crippen LogP contribution in [0.4, 0.5) is 5.95 Å². The van der Waals surface area contributed by atoms with Gasteiger partial charge in [-0.05, 0) is 88.5 Å². The molecule has 1 aromatic carbocycles. The zero-order valence-electron chi connectivity index (χ0n) is 18.2. The third kappa shape index (κ3) is 3.49. The molecule has 2 atom stereocenters. The summed E-state index contributed by atoms with van der Waals surface area (Å²) in [6.07, 6.45) is 7.78. The molecule has 6 heteroatoms. The maximum atomic E-state index is 12.7. The van der Waals surface area contributed by atoms with Crippen LogP contribution in [0.25, 0.3) is 11.0 Å². The van der Waals surface area contributed by atoms with E-state index < -0.39 is 0 Å². The molecule has 2 N–H and O–H groups in total. The highest BCUT2D eigenvalue weighted by Crippen LogP contribution is 2.39. The minimum atomic E-state index is -0.372. The predicted octanol–water partition coefficient (Wildman–Crippen LogP) is 3.62. The van der Waals surface area contributed by atoms with Gasteiger partial charge in [0.25, 0.3) is 0 Å². The first-order chi connectivity index (χ1) is 14.5. The van der Waals surface area contributed by atoms with Crippen LogP contribution >= 0.6 is 0 Å². The van der Waals surface area contributed by atoms with Gasteiger partial charge in [-0.15, -0.1) is 0 Å². The largest absolute Gasteiger partial charge is 0.391 e. The third-order valence-corrected chi connectivity index (χ3v) is 7.68. The number of aliphatic hydroxyl groups is 1. The van der Waals surface area contributed by atoms with Crippen molar-refractivity contribution in [3.8, 4) is 0 Å². The second-order valence-electron chi connectivity index (χ2n) is 9.67. The lowest BCUT2D eigenvalue weighted by Gasteiger charge is -2.36. The first-order valence-corrected chi connectivity index (χ1v) is 11.7. The second kappa shape index (κ2) is 7.88. The lowest BCUT2D eigenvalue weighted by molar-refractivity contribution is -0.127. The SMILES string of the molecule is Cc1cc2nc(N3CCC(C(=O)N[C@@H]4CCC[C@H]4O)CC3)n(C3CCC3)c2cc1C. The molecule has 2 aromatic rings. The van der Waals surface area contributed by atoms with Crippen LogP contribution in [0.15, 0.2) is 12.1 Å². The fourth-order valence-electron chi connectivity index (χ4n) is 5.32. The molecule has 1 amide bonds. The minimum Gasteiger partial charge on any atom is -0.391 e. The molecule has 2 saturated carbocycles. The number of hydrogen-bond acceptors (Lipinski definition) is 4. The van der Waals surface area contributed by atoms with Crippen molar-refractivity contribution >= 4 is 22.9 Å². The standard InChI is InChI=1S/C24H34N4O2/c1-15-13-20-21(14-16(15)2)28(18-5-3-6-18)24(26-20)27-11-9-17(10-12-27)23(30)25-19-7-4-8-22(19)29/h13-14,17-19,22,29H,3-12H2,1-2H3,(H,25,30)/t19-,22-/m1/s1. The Morgan fingerprint density at radius 3 is 2.37 bits per heavy atom. The molecular formula is C24H34N4O2. The fourth-order valence-corrected chi connectivity index (χ4v) is 5.32. The van der Waals surface area contributed by atoms with E-state index in [4.69, 9.17) is 4.98 Å². The predicted molar refractivity (Wildman–Crippen MR) is 119 cm³/mol. The highest BCUT2D eigenvalue weighted by Gasteiger charge is 2.33. The van der Waals surface area contributed by atoms with Gasteiger partial charge in [-0.2, -0.15) is 0 Å². The number of carbonyl (C=O) groups excluding carboxylic acids is 1. The number of aromatic nitrogens is 2. The lowest BCUT2D eigenvalue weighted by atomic mass is 9.92. The summed E-state index contributed by atoms with van der Waals surface area (Å²) in [7, 11) is 0. The summed E-state index contributed by atoms with van der Waals surface area (Å²) in [4.78, 5) is 20.2. The van der Waals surface area contributed by atoms with E-state index in [1.807, 2.05) is 0 Å². The summed E-state index contributed by atoms with van der Waals surface area (Å²) < 4.78 is 2.47. The highest BCUT2D eigenvalue weighted by molar-refractivity contribution is 5.82. The van der Waals surface area contributed by atoms with E-state index in [-0.39, 0.29) is 24.0 Å². The summed E-state index contributed by atoms with van der Waals surface area (Å²) in [5, 5.41) is 13.1. The topological polar surface area (TPSA) is 70.4 Å². The Labute approximate surface area is 178 Å². The number of aliphatic hydroxyl groups excluding tert-OH is 1. The van der Waals surface area contributed by atoms with Crippen LogP contribution in [0.3, 0.4) is 0 Å². The number of piperidine rings is 1. The number of imidazole rings is 1. The molecule has 3 aliphatic rings. The van der Waals surface area contributed by atoms with Gasteiger partial charge in [0.2, 0.25) is 11.9 Å². The quantitative estimate of drug-likeness (QED) is 0.808. The van der Waals surface area contributed by atoms with Gasteiger partial charge in [-0.1, -0.05) is 0 Å². The smallest absolute Gasteiger partial charge is 0.223 e. The van der Waals surface area contributed by atoms with E-state index in [0.29, 0.717) is 6.04 Å². The van der Waals surface area contributed by atoms with Gasteiger partial charge in [0, 0.05) is 25.0 Å². The van der Waals surface area contributed by atoms with Crippen LogP contribution in [0, 0.1) is 19.8 Å². The number of nitrogens with one attached hydrogen (secondary N) is 1. The number of nitrogens with zero attached hydrogens (tertiary/aromatic N) is 3. The van der Waals surface area contributed by atoms with E-state index in [2.05, 4.69) is 40.8 Å². The Bertz CT molecular complexity index is 940. The maximum absolute atomic E-state index is 12.7. The van der Waals surface area contributed by atoms with Crippen molar-refractivity contribution in [1.82, 2.24) is 14.9 Å². The molecule has 6 nitrogen and oxygen atoms in total. The second-order valence-corrected chi connectivity index (χ2v) is 9.67. The molecule has 0 radical (unpaired) electrons. The summed E-state index contributed by atoms with van der Waals surface area (Å²) in [5.74, 6) is 1.25. The molecule has 30 heavy (non-hydrogen) atoms. The maximum Gasteiger partial charge on any atom is 0.223 e. The Morgan fingerprint density at radius 2 is 1.73 bits per heavy atom. The van der Waals surface area contributed by atoms with Gasteiger partial charge in [0.15, 0.2) is 0 Å². The summed E-state index contributed by atoms with van der Waals surface area (Å²) in [6, 6.07) is 5.02. The molecule has 2 heterocycles. The van der Waals surface area contributed by atoms with Crippen LogP contribution in [0.1, 0.15) is 68.5 Å². The van der Waals surface area contributed by atoms with Crippen molar-refractivity contribution in [1.29, 1.82) is 0 Å². The van der Waals surface area contributed by atoms with Crippen LogP contribution in [-0.4, -0.2) is 45.8 Å². The highest BCUT2D eigenvalue weighted by atomic mass is 16.3. The molecule has 0 unspecified atom stereocenters. The molecule has 3 fully saturated rings. The third-order valence-electron chi connectivity index (χ3n) is 7.68. The van der Waals surface area contributed by atoms with Crippen molar-refractivity contribution in [3.05, 3.63) is 23.3 Å². The molecule has 0 bridgehead atoms. The molecule has 162 valence electrons. The van der Waals surface area contributed by atoms with Crippen LogP contribution < -0.4 is 10.2 Å².